The number of hydrogen-bond acceptors (Lipinski definition) is 5. The molecule has 156 valence electrons. The zero-order valence-electron chi connectivity index (χ0n) is 17.1. The van der Waals surface area contributed by atoms with Gasteiger partial charge in [-0.05, 0) is 37.6 Å². The van der Waals surface area contributed by atoms with E-state index in [0.717, 1.165) is 43.3 Å². The lowest BCUT2D eigenvalue weighted by Crippen LogP contribution is -2.57. The molecule has 30 heavy (non-hydrogen) atoms. The Bertz CT molecular complexity index is 1140. The molecule has 0 atom stereocenters. The van der Waals surface area contributed by atoms with Crippen molar-refractivity contribution < 1.29 is 9.59 Å². The van der Waals surface area contributed by atoms with Crippen molar-refractivity contribution in [2.45, 2.75) is 25.7 Å². The molecule has 2 aromatic rings. The number of aryl methyl sites for hydroxylation is 1. The summed E-state index contributed by atoms with van der Waals surface area (Å²) < 4.78 is 2.66. The van der Waals surface area contributed by atoms with Gasteiger partial charge < -0.3 is 5.32 Å². The van der Waals surface area contributed by atoms with Gasteiger partial charge in [-0.15, -0.1) is 0 Å². The summed E-state index contributed by atoms with van der Waals surface area (Å²) in [6, 6.07) is 5.44. The van der Waals surface area contributed by atoms with Crippen LogP contribution in [0.15, 0.2) is 23.0 Å². The van der Waals surface area contributed by atoms with Crippen molar-refractivity contribution in [2.75, 3.05) is 37.7 Å². The highest BCUT2D eigenvalue weighted by Crippen LogP contribution is 2.35. The number of imide groups is 1. The molecule has 1 N–H and O–H groups in total. The molecule has 0 radical (unpaired) electrons. The molecule has 0 unspecified atom stereocenters. The molecule has 1 spiro atoms. The molecule has 0 aliphatic carbocycles. The van der Waals surface area contributed by atoms with E-state index in [4.69, 9.17) is 0 Å². The number of amides is 2. The first-order valence-corrected chi connectivity index (χ1v) is 10.5. The van der Waals surface area contributed by atoms with Crippen molar-refractivity contribution in [3.63, 3.8) is 0 Å². The zero-order chi connectivity index (χ0) is 20.9. The molecule has 1 aromatic heterocycles. The number of aromatic nitrogens is 2. The van der Waals surface area contributed by atoms with Crippen molar-refractivity contribution in [3.8, 4) is 11.8 Å². The summed E-state index contributed by atoms with van der Waals surface area (Å²) >= 11 is 0. The number of hydrogen-bond donors (Lipinski definition) is 1. The van der Waals surface area contributed by atoms with Gasteiger partial charge in [0.25, 0.3) is 0 Å². The first-order valence-electron chi connectivity index (χ1n) is 10.5. The van der Waals surface area contributed by atoms with Crippen LogP contribution in [0.4, 0.5) is 0 Å². The van der Waals surface area contributed by atoms with E-state index in [9.17, 15) is 14.4 Å². The fraction of sp³-hybridized carbons (Fsp3) is 0.500. The number of imidazole rings is 1. The largest absolute Gasteiger partial charge is 0.348 e. The predicted molar refractivity (Wildman–Crippen MR) is 112 cm³/mol. The maximum Gasteiger partial charge on any atom is 0.348 e. The number of rotatable bonds is 2. The van der Waals surface area contributed by atoms with Crippen molar-refractivity contribution in [2.24, 2.45) is 12.5 Å². The SMILES string of the molecule is Cn1c(=O)n(N2C(=O)CCCC2=O)c2ccc(C#CCN3CC4(CCNC4)C3)cc21. The molecule has 2 amide bonds. The Morgan fingerprint density at radius 3 is 2.57 bits per heavy atom. The Kier molecular flexibility index (Phi) is 4.53. The predicted octanol–water partition coefficient (Wildman–Crippen LogP) is 0.162. The number of benzene rings is 1. The summed E-state index contributed by atoms with van der Waals surface area (Å²) in [5.74, 6) is 5.75. The van der Waals surface area contributed by atoms with Gasteiger partial charge in [0.2, 0.25) is 11.8 Å². The number of nitrogens with one attached hydrogen (secondary N) is 1. The lowest BCUT2D eigenvalue weighted by atomic mass is 9.79. The second-order valence-corrected chi connectivity index (χ2v) is 8.68. The molecule has 0 saturated carbocycles. The average Bonchev–Trinajstić information content (AvgIpc) is 3.27. The van der Waals surface area contributed by atoms with Crippen LogP contribution in [0.2, 0.25) is 0 Å². The van der Waals surface area contributed by atoms with Crippen LogP contribution in [-0.4, -0.2) is 58.7 Å². The van der Waals surface area contributed by atoms with Gasteiger partial charge in [-0.2, -0.15) is 9.69 Å². The van der Waals surface area contributed by atoms with Crippen LogP contribution >= 0.6 is 0 Å². The Morgan fingerprint density at radius 1 is 1.10 bits per heavy atom. The topological polar surface area (TPSA) is 79.6 Å². The highest BCUT2D eigenvalue weighted by atomic mass is 16.2. The van der Waals surface area contributed by atoms with Crippen molar-refractivity contribution >= 4 is 22.8 Å². The van der Waals surface area contributed by atoms with Crippen LogP contribution in [0.25, 0.3) is 11.0 Å². The second-order valence-electron chi connectivity index (χ2n) is 8.68. The number of fused-ring (bicyclic) bond motifs is 1. The first-order chi connectivity index (χ1) is 14.5. The van der Waals surface area contributed by atoms with Gasteiger partial charge in [0.05, 0.1) is 17.6 Å². The van der Waals surface area contributed by atoms with Crippen LogP contribution in [0.1, 0.15) is 31.2 Å². The highest BCUT2D eigenvalue weighted by Gasteiger charge is 2.44. The number of nitrogens with zero attached hydrogens (tertiary/aromatic N) is 4. The molecule has 3 fully saturated rings. The van der Waals surface area contributed by atoms with E-state index in [-0.39, 0.29) is 24.7 Å². The fourth-order valence-corrected chi connectivity index (χ4v) is 4.89. The minimum Gasteiger partial charge on any atom is -0.316 e. The van der Waals surface area contributed by atoms with Gasteiger partial charge in [0.15, 0.2) is 0 Å². The van der Waals surface area contributed by atoms with E-state index in [1.165, 1.54) is 15.7 Å². The lowest BCUT2D eigenvalue weighted by Gasteiger charge is -2.47. The average molecular weight is 407 g/mol. The number of carbonyl (C=O) groups excluding carboxylic acids is 2. The van der Waals surface area contributed by atoms with E-state index in [2.05, 4.69) is 22.1 Å². The molecule has 8 heteroatoms. The van der Waals surface area contributed by atoms with Gasteiger partial charge in [-0.1, -0.05) is 11.8 Å². The minimum atomic E-state index is -0.408. The summed E-state index contributed by atoms with van der Waals surface area (Å²) in [7, 11) is 1.65. The molecule has 5 rings (SSSR count). The highest BCUT2D eigenvalue weighted by molar-refractivity contribution is 6.11. The Morgan fingerprint density at radius 2 is 1.87 bits per heavy atom. The van der Waals surface area contributed by atoms with E-state index in [1.54, 1.807) is 13.1 Å². The van der Waals surface area contributed by atoms with Crippen LogP contribution in [-0.2, 0) is 16.6 Å². The zero-order valence-corrected chi connectivity index (χ0v) is 17.1. The molecular weight excluding hydrogens is 382 g/mol. The molecule has 3 saturated heterocycles. The number of carbonyl (C=O) groups is 2. The van der Waals surface area contributed by atoms with E-state index < -0.39 is 5.69 Å². The summed E-state index contributed by atoms with van der Waals surface area (Å²) in [5, 5.41) is 4.43. The minimum absolute atomic E-state index is 0.270. The summed E-state index contributed by atoms with van der Waals surface area (Å²) in [6.07, 6.45) is 2.32. The molecule has 3 aliphatic rings. The third-order valence-corrected chi connectivity index (χ3v) is 6.47. The monoisotopic (exact) mass is 407 g/mol. The van der Waals surface area contributed by atoms with Gasteiger partial charge in [-0.3, -0.25) is 19.1 Å². The maximum absolute atomic E-state index is 12.8. The van der Waals surface area contributed by atoms with Crippen LogP contribution in [0.3, 0.4) is 0 Å². The van der Waals surface area contributed by atoms with Crippen molar-refractivity contribution in [1.82, 2.24) is 19.5 Å². The van der Waals surface area contributed by atoms with E-state index in [0.29, 0.717) is 22.9 Å². The second kappa shape index (κ2) is 7.11. The third kappa shape index (κ3) is 3.06. The summed E-state index contributed by atoms with van der Waals surface area (Å²) in [4.78, 5) is 39.8. The lowest BCUT2D eigenvalue weighted by molar-refractivity contribution is -0.131. The smallest absolute Gasteiger partial charge is 0.316 e. The van der Waals surface area contributed by atoms with Gasteiger partial charge in [-0.25, -0.2) is 4.79 Å². The number of likely N-dealkylation sites (tertiary alicyclic amines) is 1. The Hall–Kier alpha value is -2.89. The fourth-order valence-electron chi connectivity index (χ4n) is 4.89. The molecule has 3 aliphatic heterocycles. The Labute approximate surface area is 174 Å². The van der Waals surface area contributed by atoms with E-state index in [1.807, 2.05) is 12.1 Å². The van der Waals surface area contributed by atoms with Gasteiger partial charge >= 0.3 is 5.69 Å². The van der Waals surface area contributed by atoms with Gasteiger partial charge in [0, 0.05) is 50.5 Å². The molecule has 0 bridgehead atoms. The van der Waals surface area contributed by atoms with Crippen LogP contribution < -0.4 is 16.0 Å². The van der Waals surface area contributed by atoms with E-state index >= 15 is 0 Å². The molecule has 4 heterocycles. The van der Waals surface area contributed by atoms with Crippen molar-refractivity contribution in [1.29, 1.82) is 0 Å². The summed E-state index contributed by atoms with van der Waals surface area (Å²) in [5.41, 5.74) is 2.05. The number of piperidine rings is 1. The normalized spacial score (nSPS) is 21.2. The molecule has 1 aromatic carbocycles. The van der Waals surface area contributed by atoms with Crippen LogP contribution in [0, 0.1) is 17.3 Å². The third-order valence-electron chi connectivity index (χ3n) is 6.47. The van der Waals surface area contributed by atoms with Crippen molar-refractivity contribution in [3.05, 3.63) is 34.2 Å². The Balaban J connectivity index is 1.38. The van der Waals surface area contributed by atoms with Gasteiger partial charge in [0.1, 0.15) is 0 Å². The molecular formula is C22H25N5O3. The maximum atomic E-state index is 12.8. The standard InChI is InChI=1S/C22H25N5O3/c1-24-18-12-16(4-3-11-25-14-22(15-25)9-10-23-13-22)7-8-17(18)26(21(24)30)27-19(28)5-2-6-20(27)29/h7-8,12,23H,2,5-6,9-11,13-15H2,1H3. The summed E-state index contributed by atoms with van der Waals surface area (Å²) in [6.45, 7) is 5.16. The quantitative estimate of drug-likeness (QED) is 0.567. The molecule has 8 nitrogen and oxygen atoms in total. The first kappa shape index (κ1) is 19.1. The van der Waals surface area contributed by atoms with Crippen LogP contribution in [0.5, 0.6) is 0 Å².